The number of hydrogen-bond donors (Lipinski definition) is 3. The maximum atomic E-state index is 13.3. The molecule has 156 valence electrons. The lowest BCUT2D eigenvalue weighted by atomic mass is 9.92. The molecule has 2 heterocycles. The molecule has 3 amide bonds. The molecule has 1 atom stereocenters. The third-order valence-corrected chi connectivity index (χ3v) is 5.52. The van der Waals surface area contributed by atoms with Gasteiger partial charge in [-0.1, -0.05) is 24.3 Å². The number of fused-ring (bicyclic) bond motifs is 2. The van der Waals surface area contributed by atoms with Crippen molar-refractivity contribution in [2.45, 2.75) is 24.9 Å². The van der Waals surface area contributed by atoms with E-state index in [0.29, 0.717) is 18.5 Å². The minimum absolute atomic E-state index is 0.0670. The van der Waals surface area contributed by atoms with Gasteiger partial charge in [0.05, 0.1) is 6.54 Å². The Hall–Kier alpha value is -4.08. The zero-order chi connectivity index (χ0) is 21.6. The maximum absolute atomic E-state index is 13.3. The monoisotopic (exact) mass is 419 g/mol. The zero-order valence-corrected chi connectivity index (χ0v) is 16.3. The number of halogens is 1. The predicted octanol–water partition coefficient (Wildman–Crippen LogP) is 2.23. The SMILES string of the molecule is Nc1nc(CN2C(=O)N[C@@]3(CCc4ccccc43)C2=O)nc(Nc2ccc(F)cc2)n1. The van der Waals surface area contributed by atoms with Crippen molar-refractivity contribution in [3.63, 3.8) is 0 Å². The highest BCUT2D eigenvalue weighted by molar-refractivity contribution is 6.08. The number of aromatic nitrogens is 3. The molecular formula is C21H18FN7O2. The van der Waals surface area contributed by atoms with Crippen LogP contribution in [0.15, 0.2) is 48.5 Å². The number of urea groups is 1. The first-order valence-electron chi connectivity index (χ1n) is 9.70. The molecule has 10 heteroatoms. The van der Waals surface area contributed by atoms with Gasteiger partial charge >= 0.3 is 6.03 Å². The molecule has 31 heavy (non-hydrogen) atoms. The molecule has 1 fully saturated rings. The summed E-state index contributed by atoms with van der Waals surface area (Å²) in [5.41, 5.74) is 7.16. The van der Waals surface area contributed by atoms with E-state index >= 15 is 0 Å². The second-order valence-electron chi connectivity index (χ2n) is 7.45. The number of anilines is 3. The number of nitrogens with two attached hydrogens (primary N) is 1. The quantitative estimate of drug-likeness (QED) is 0.554. The molecule has 1 aliphatic carbocycles. The molecule has 2 aromatic carbocycles. The van der Waals surface area contributed by atoms with Gasteiger partial charge in [-0.05, 0) is 48.2 Å². The normalized spacial score (nSPS) is 19.6. The lowest BCUT2D eigenvalue weighted by Gasteiger charge is -2.22. The number of amides is 3. The van der Waals surface area contributed by atoms with E-state index in [1.165, 1.54) is 24.3 Å². The molecule has 4 N–H and O–H groups in total. The van der Waals surface area contributed by atoms with Gasteiger partial charge in [-0.25, -0.2) is 9.18 Å². The van der Waals surface area contributed by atoms with Crippen LogP contribution in [0.1, 0.15) is 23.4 Å². The Morgan fingerprint density at radius 2 is 1.87 bits per heavy atom. The Labute approximate surface area is 176 Å². The highest BCUT2D eigenvalue weighted by atomic mass is 19.1. The van der Waals surface area contributed by atoms with Crippen LogP contribution in [0.4, 0.5) is 26.8 Å². The minimum Gasteiger partial charge on any atom is -0.368 e. The number of carbonyl (C=O) groups is 2. The summed E-state index contributed by atoms with van der Waals surface area (Å²) < 4.78 is 13.1. The number of carbonyl (C=O) groups excluding carboxylic acids is 2. The van der Waals surface area contributed by atoms with Gasteiger partial charge in [-0.2, -0.15) is 15.0 Å². The van der Waals surface area contributed by atoms with Crippen LogP contribution in [-0.4, -0.2) is 31.8 Å². The fraction of sp³-hybridized carbons (Fsp3) is 0.190. The Kier molecular flexibility index (Phi) is 4.28. The first kappa shape index (κ1) is 18.9. The van der Waals surface area contributed by atoms with E-state index in [1.807, 2.05) is 24.3 Å². The van der Waals surface area contributed by atoms with E-state index in [4.69, 9.17) is 5.73 Å². The summed E-state index contributed by atoms with van der Waals surface area (Å²) in [4.78, 5) is 39.4. The number of nitrogens with one attached hydrogen (secondary N) is 2. The van der Waals surface area contributed by atoms with Gasteiger partial charge in [-0.3, -0.25) is 9.69 Å². The number of nitrogen functional groups attached to an aromatic ring is 1. The van der Waals surface area contributed by atoms with Crippen molar-refractivity contribution in [1.82, 2.24) is 25.2 Å². The van der Waals surface area contributed by atoms with Crippen LogP contribution in [0, 0.1) is 5.82 Å². The summed E-state index contributed by atoms with van der Waals surface area (Å²) in [6.07, 6.45) is 1.21. The summed E-state index contributed by atoms with van der Waals surface area (Å²) in [6.45, 7) is -0.153. The second-order valence-corrected chi connectivity index (χ2v) is 7.45. The third kappa shape index (κ3) is 3.21. The summed E-state index contributed by atoms with van der Waals surface area (Å²) >= 11 is 0. The van der Waals surface area contributed by atoms with Gasteiger partial charge in [0, 0.05) is 5.69 Å². The number of rotatable bonds is 4. The van der Waals surface area contributed by atoms with Crippen molar-refractivity contribution in [3.05, 3.63) is 71.3 Å². The van der Waals surface area contributed by atoms with Gasteiger partial charge in [0.1, 0.15) is 11.4 Å². The smallest absolute Gasteiger partial charge is 0.325 e. The molecule has 1 aliphatic heterocycles. The van der Waals surface area contributed by atoms with E-state index in [1.54, 1.807) is 0 Å². The molecule has 0 radical (unpaired) electrons. The van der Waals surface area contributed by atoms with Crippen molar-refractivity contribution in [3.8, 4) is 0 Å². The van der Waals surface area contributed by atoms with Crippen molar-refractivity contribution < 1.29 is 14.0 Å². The van der Waals surface area contributed by atoms with Crippen molar-refractivity contribution >= 4 is 29.5 Å². The standard InChI is InChI=1S/C21H18FN7O2/c22-13-5-7-14(8-6-13)24-19-26-16(25-18(23)27-19)11-29-17(30)21(28-20(29)31)10-9-12-3-1-2-4-15(12)21/h1-8H,9-11H2,(H,28,31)(H3,23,24,25,26,27)/t21-/m1/s1. The molecule has 5 rings (SSSR count). The molecule has 1 aromatic heterocycles. The van der Waals surface area contributed by atoms with Crippen LogP contribution in [0.25, 0.3) is 0 Å². The molecule has 2 aliphatic rings. The minimum atomic E-state index is -1.05. The number of nitrogens with zero attached hydrogens (tertiary/aromatic N) is 4. The summed E-state index contributed by atoms with van der Waals surface area (Å²) in [7, 11) is 0. The van der Waals surface area contributed by atoms with Crippen LogP contribution in [0.5, 0.6) is 0 Å². The summed E-state index contributed by atoms with van der Waals surface area (Å²) in [5.74, 6) is -0.495. The van der Waals surface area contributed by atoms with Gasteiger partial charge in [0.15, 0.2) is 5.82 Å². The highest BCUT2D eigenvalue weighted by Crippen LogP contribution is 2.41. The van der Waals surface area contributed by atoms with Crippen LogP contribution in [-0.2, 0) is 23.3 Å². The molecule has 1 spiro atoms. The topological polar surface area (TPSA) is 126 Å². The average Bonchev–Trinajstić information content (AvgIpc) is 3.23. The first-order chi connectivity index (χ1) is 14.9. The van der Waals surface area contributed by atoms with Crippen LogP contribution >= 0.6 is 0 Å². The first-order valence-corrected chi connectivity index (χ1v) is 9.70. The Morgan fingerprint density at radius 1 is 1.10 bits per heavy atom. The number of imide groups is 1. The second kappa shape index (κ2) is 7.01. The number of aryl methyl sites for hydroxylation is 1. The van der Waals surface area contributed by atoms with E-state index < -0.39 is 11.6 Å². The van der Waals surface area contributed by atoms with E-state index in [9.17, 15) is 14.0 Å². The van der Waals surface area contributed by atoms with Crippen LogP contribution < -0.4 is 16.4 Å². The largest absolute Gasteiger partial charge is 0.368 e. The van der Waals surface area contributed by atoms with Crippen molar-refractivity contribution in [1.29, 1.82) is 0 Å². The van der Waals surface area contributed by atoms with E-state index in [0.717, 1.165) is 16.0 Å². The van der Waals surface area contributed by atoms with E-state index in [-0.39, 0.29) is 36.0 Å². The molecular weight excluding hydrogens is 401 g/mol. The van der Waals surface area contributed by atoms with Crippen LogP contribution in [0.3, 0.4) is 0 Å². The fourth-order valence-corrected chi connectivity index (χ4v) is 4.10. The zero-order valence-electron chi connectivity index (χ0n) is 16.3. The Bertz CT molecular complexity index is 1200. The highest BCUT2D eigenvalue weighted by Gasteiger charge is 2.55. The lowest BCUT2D eigenvalue weighted by molar-refractivity contribution is -0.132. The lowest BCUT2D eigenvalue weighted by Crippen LogP contribution is -2.41. The molecule has 0 unspecified atom stereocenters. The van der Waals surface area contributed by atoms with Crippen molar-refractivity contribution in [2.75, 3.05) is 11.1 Å². The molecule has 3 aromatic rings. The predicted molar refractivity (Wildman–Crippen MR) is 109 cm³/mol. The average molecular weight is 419 g/mol. The summed E-state index contributed by atoms with van der Waals surface area (Å²) in [6, 6.07) is 12.7. The van der Waals surface area contributed by atoms with Gasteiger partial charge < -0.3 is 16.4 Å². The van der Waals surface area contributed by atoms with Crippen LogP contribution in [0.2, 0.25) is 0 Å². The molecule has 0 bridgehead atoms. The molecule has 1 saturated heterocycles. The van der Waals surface area contributed by atoms with Gasteiger partial charge in [-0.15, -0.1) is 0 Å². The molecule has 0 saturated carbocycles. The number of hydrogen-bond acceptors (Lipinski definition) is 7. The van der Waals surface area contributed by atoms with Gasteiger partial charge in [0.2, 0.25) is 11.9 Å². The number of benzene rings is 2. The Balaban J connectivity index is 1.40. The van der Waals surface area contributed by atoms with E-state index in [2.05, 4.69) is 25.6 Å². The maximum Gasteiger partial charge on any atom is 0.325 e. The summed E-state index contributed by atoms with van der Waals surface area (Å²) in [5, 5.41) is 5.77. The Morgan fingerprint density at radius 3 is 2.68 bits per heavy atom. The van der Waals surface area contributed by atoms with Gasteiger partial charge in [0.25, 0.3) is 5.91 Å². The fourth-order valence-electron chi connectivity index (χ4n) is 4.10. The van der Waals surface area contributed by atoms with Crippen molar-refractivity contribution in [2.24, 2.45) is 0 Å². The third-order valence-electron chi connectivity index (χ3n) is 5.52. The molecule has 9 nitrogen and oxygen atoms in total.